The van der Waals surface area contributed by atoms with Gasteiger partial charge in [0.25, 0.3) is 0 Å². The summed E-state index contributed by atoms with van der Waals surface area (Å²) in [7, 11) is 0. The first-order valence-electron chi connectivity index (χ1n) is 6.62. The summed E-state index contributed by atoms with van der Waals surface area (Å²) in [5.74, 6) is 0.285. The molecule has 17 heavy (non-hydrogen) atoms. The van der Waals surface area contributed by atoms with E-state index in [4.69, 9.17) is 0 Å². The summed E-state index contributed by atoms with van der Waals surface area (Å²) in [6.45, 7) is 3.75. The molecular formula is C14H21NOS. The highest BCUT2D eigenvalue weighted by Gasteiger charge is 2.22. The van der Waals surface area contributed by atoms with Crippen LogP contribution in [0.4, 0.5) is 0 Å². The van der Waals surface area contributed by atoms with Crippen molar-refractivity contribution in [2.24, 2.45) is 0 Å². The van der Waals surface area contributed by atoms with Crippen molar-refractivity contribution in [1.29, 1.82) is 0 Å². The number of rotatable bonds is 5. The molecule has 1 aromatic heterocycles. The highest BCUT2D eigenvalue weighted by atomic mass is 32.1. The molecule has 0 N–H and O–H groups in total. The zero-order chi connectivity index (χ0) is 12.1. The molecule has 0 spiro atoms. The fraction of sp³-hybridized carbons (Fsp3) is 0.643. The standard InChI is InChI=1S/C14H21NOS/c1-2-15(12-7-4-3-5-8-12)11-13(16)14-9-6-10-17-14/h6,9-10,12H,2-5,7-8,11H2,1H3. The smallest absolute Gasteiger partial charge is 0.186 e. The zero-order valence-electron chi connectivity index (χ0n) is 10.5. The van der Waals surface area contributed by atoms with Crippen molar-refractivity contribution in [2.45, 2.75) is 45.1 Å². The van der Waals surface area contributed by atoms with Gasteiger partial charge in [0, 0.05) is 6.04 Å². The van der Waals surface area contributed by atoms with Crippen molar-refractivity contribution in [3.63, 3.8) is 0 Å². The summed E-state index contributed by atoms with van der Waals surface area (Å²) in [6, 6.07) is 4.52. The molecule has 0 unspecified atom stereocenters. The number of hydrogen-bond donors (Lipinski definition) is 0. The SMILES string of the molecule is CCN(CC(=O)c1cccs1)C1CCCCC1. The second-order valence-electron chi connectivity index (χ2n) is 4.76. The molecule has 3 heteroatoms. The molecule has 0 amide bonds. The molecule has 2 nitrogen and oxygen atoms in total. The number of thiophene rings is 1. The molecule has 1 saturated carbocycles. The van der Waals surface area contributed by atoms with Crippen molar-refractivity contribution < 1.29 is 4.79 Å². The molecule has 1 aliphatic carbocycles. The summed E-state index contributed by atoms with van der Waals surface area (Å²) in [6.07, 6.45) is 6.56. The zero-order valence-corrected chi connectivity index (χ0v) is 11.3. The molecule has 2 rings (SSSR count). The van der Waals surface area contributed by atoms with Gasteiger partial charge < -0.3 is 0 Å². The van der Waals surface area contributed by atoms with Gasteiger partial charge in [-0.1, -0.05) is 32.3 Å². The second-order valence-corrected chi connectivity index (χ2v) is 5.70. The first-order chi connectivity index (χ1) is 8.31. The Balaban J connectivity index is 1.92. The minimum atomic E-state index is 0.285. The molecule has 1 aliphatic rings. The molecule has 0 bridgehead atoms. The van der Waals surface area contributed by atoms with E-state index in [2.05, 4.69) is 11.8 Å². The van der Waals surface area contributed by atoms with Crippen LogP contribution in [-0.4, -0.2) is 29.8 Å². The van der Waals surface area contributed by atoms with Crippen molar-refractivity contribution in [1.82, 2.24) is 4.90 Å². The highest BCUT2D eigenvalue weighted by Crippen LogP contribution is 2.23. The maximum Gasteiger partial charge on any atom is 0.186 e. The minimum absolute atomic E-state index is 0.285. The lowest BCUT2D eigenvalue weighted by Crippen LogP contribution is -2.40. The summed E-state index contributed by atoms with van der Waals surface area (Å²) in [5.41, 5.74) is 0. The Morgan fingerprint density at radius 3 is 2.76 bits per heavy atom. The Hall–Kier alpha value is -0.670. The number of carbonyl (C=O) groups is 1. The Morgan fingerprint density at radius 1 is 1.41 bits per heavy atom. The Labute approximate surface area is 108 Å². The molecule has 0 atom stereocenters. The van der Waals surface area contributed by atoms with Crippen molar-refractivity contribution in [3.05, 3.63) is 22.4 Å². The highest BCUT2D eigenvalue weighted by molar-refractivity contribution is 7.12. The van der Waals surface area contributed by atoms with Crippen LogP contribution in [0.15, 0.2) is 17.5 Å². The third kappa shape index (κ3) is 3.39. The van der Waals surface area contributed by atoms with Gasteiger partial charge in [-0.15, -0.1) is 11.3 Å². The third-order valence-electron chi connectivity index (χ3n) is 3.64. The van der Waals surface area contributed by atoms with Crippen LogP contribution in [0.2, 0.25) is 0 Å². The molecule has 0 saturated heterocycles. The fourth-order valence-electron chi connectivity index (χ4n) is 2.64. The lowest BCUT2D eigenvalue weighted by molar-refractivity contribution is 0.0872. The number of ketones is 1. The molecular weight excluding hydrogens is 230 g/mol. The van der Waals surface area contributed by atoms with Crippen LogP contribution >= 0.6 is 11.3 Å². The van der Waals surface area contributed by atoms with Crippen LogP contribution in [-0.2, 0) is 0 Å². The van der Waals surface area contributed by atoms with Gasteiger partial charge in [0.15, 0.2) is 5.78 Å². The number of nitrogens with zero attached hydrogens (tertiary/aromatic N) is 1. The van der Waals surface area contributed by atoms with E-state index >= 15 is 0 Å². The van der Waals surface area contributed by atoms with E-state index < -0.39 is 0 Å². The number of Topliss-reactive ketones (excluding diaryl/α,β-unsaturated/α-hetero) is 1. The fourth-order valence-corrected chi connectivity index (χ4v) is 3.30. The summed E-state index contributed by atoms with van der Waals surface area (Å²) < 4.78 is 0. The molecule has 1 aromatic rings. The van der Waals surface area contributed by atoms with E-state index in [9.17, 15) is 4.79 Å². The minimum Gasteiger partial charge on any atom is -0.293 e. The average molecular weight is 251 g/mol. The van der Waals surface area contributed by atoms with Gasteiger partial charge >= 0.3 is 0 Å². The lowest BCUT2D eigenvalue weighted by atomic mass is 9.94. The van der Waals surface area contributed by atoms with E-state index in [1.807, 2.05) is 17.5 Å². The largest absolute Gasteiger partial charge is 0.293 e. The van der Waals surface area contributed by atoms with Crippen molar-refractivity contribution in [2.75, 3.05) is 13.1 Å². The Kier molecular flexibility index (Phi) is 4.75. The average Bonchev–Trinajstić information content (AvgIpc) is 2.90. The maximum atomic E-state index is 12.1. The quantitative estimate of drug-likeness (QED) is 0.745. The van der Waals surface area contributed by atoms with Crippen LogP contribution in [0.25, 0.3) is 0 Å². The van der Waals surface area contributed by atoms with E-state index in [1.165, 1.54) is 32.1 Å². The Morgan fingerprint density at radius 2 is 2.18 bits per heavy atom. The van der Waals surface area contributed by atoms with Gasteiger partial charge in [-0.3, -0.25) is 9.69 Å². The molecule has 0 aliphatic heterocycles. The van der Waals surface area contributed by atoms with Gasteiger partial charge in [0.1, 0.15) is 0 Å². The van der Waals surface area contributed by atoms with Crippen molar-refractivity contribution in [3.8, 4) is 0 Å². The molecule has 94 valence electrons. The van der Waals surface area contributed by atoms with Crippen LogP contribution in [0, 0.1) is 0 Å². The molecule has 1 fully saturated rings. The maximum absolute atomic E-state index is 12.1. The van der Waals surface area contributed by atoms with Gasteiger partial charge in [-0.05, 0) is 30.8 Å². The second kappa shape index (κ2) is 6.31. The molecule has 1 heterocycles. The molecule has 0 aromatic carbocycles. The first kappa shape index (κ1) is 12.8. The summed E-state index contributed by atoms with van der Waals surface area (Å²) >= 11 is 1.55. The van der Waals surface area contributed by atoms with Gasteiger partial charge in [0.2, 0.25) is 0 Å². The van der Waals surface area contributed by atoms with E-state index in [1.54, 1.807) is 11.3 Å². The lowest BCUT2D eigenvalue weighted by Gasteiger charge is -2.32. The Bertz CT molecular complexity index is 341. The third-order valence-corrected chi connectivity index (χ3v) is 4.55. The monoisotopic (exact) mass is 251 g/mol. The van der Waals surface area contributed by atoms with Crippen LogP contribution in [0.1, 0.15) is 48.7 Å². The van der Waals surface area contributed by atoms with Crippen LogP contribution in [0.3, 0.4) is 0 Å². The molecule has 0 radical (unpaired) electrons. The van der Waals surface area contributed by atoms with Gasteiger partial charge in [0.05, 0.1) is 11.4 Å². The van der Waals surface area contributed by atoms with E-state index in [0.717, 1.165) is 11.4 Å². The number of carbonyl (C=O) groups excluding carboxylic acids is 1. The normalized spacial score (nSPS) is 17.5. The summed E-state index contributed by atoms with van der Waals surface area (Å²) in [5, 5.41) is 1.98. The van der Waals surface area contributed by atoms with Crippen LogP contribution < -0.4 is 0 Å². The number of likely N-dealkylation sites (N-methyl/N-ethyl adjacent to an activating group) is 1. The van der Waals surface area contributed by atoms with E-state index in [-0.39, 0.29) is 5.78 Å². The first-order valence-corrected chi connectivity index (χ1v) is 7.50. The predicted molar refractivity (Wildman–Crippen MR) is 72.8 cm³/mol. The van der Waals surface area contributed by atoms with Gasteiger partial charge in [-0.25, -0.2) is 0 Å². The number of hydrogen-bond acceptors (Lipinski definition) is 3. The van der Waals surface area contributed by atoms with Crippen LogP contribution in [0.5, 0.6) is 0 Å². The van der Waals surface area contributed by atoms with Gasteiger partial charge in [-0.2, -0.15) is 0 Å². The van der Waals surface area contributed by atoms with Crippen molar-refractivity contribution >= 4 is 17.1 Å². The predicted octanol–water partition coefficient (Wildman–Crippen LogP) is 3.59. The van der Waals surface area contributed by atoms with E-state index in [0.29, 0.717) is 12.6 Å². The summed E-state index contributed by atoms with van der Waals surface area (Å²) in [4.78, 5) is 15.4. The topological polar surface area (TPSA) is 20.3 Å².